The summed E-state index contributed by atoms with van der Waals surface area (Å²) < 4.78 is 30.6. The van der Waals surface area contributed by atoms with Crippen molar-refractivity contribution < 1.29 is 17.6 Å². The van der Waals surface area contributed by atoms with Crippen LogP contribution in [-0.4, -0.2) is 45.1 Å². The zero-order valence-electron chi connectivity index (χ0n) is 13.0. The predicted molar refractivity (Wildman–Crippen MR) is 87.7 cm³/mol. The number of nitrogens with one attached hydrogen (secondary N) is 1. The Morgan fingerprint density at radius 3 is 2.91 bits per heavy atom. The van der Waals surface area contributed by atoms with Gasteiger partial charge in [-0.15, -0.1) is 0 Å². The van der Waals surface area contributed by atoms with Crippen molar-refractivity contribution in [1.82, 2.24) is 9.62 Å². The zero-order valence-corrected chi connectivity index (χ0v) is 13.8. The van der Waals surface area contributed by atoms with Gasteiger partial charge in [0, 0.05) is 25.0 Å². The minimum Gasteiger partial charge on any atom is -0.451 e. The van der Waals surface area contributed by atoms with Gasteiger partial charge in [-0.3, -0.25) is 4.79 Å². The molecule has 1 aliphatic rings. The number of likely N-dealkylation sites (tertiary alicyclic amines) is 1. The van der Waals surface area contributed by atoms with Crippen molar-refractivity contribution in [1.29, 1.82) is 0 Å². The molecular formula is C16H20N2O4S. The van der Waals surface area contributed by atoms with Gasteiger partial charge in [-0.1, -0.05) is 18.2 Å². The summed E-state index contributed by atoms with van der Waals surface area (Å²) in [6, 6.07) is 9.27. The largest absolute Gasteiger partial charge is 0.451 e. The van der Waals surface area contributed by atoms with Crippen molar-refractivity contribution in [3.05, 3.63) is 36.1 Å². The number of carbonyl (C=O) groups excluding carboxylic acids is 1. The van der Waals surface area contributed by atoms with Crippen molar-refractivity contribution in [3.63, 3.8) is 0 Å². The van der Waals surface area contributed by atoms with Crippen LogP contribution in [0.15, 0.2) is 34.7 Å². The molecule has 1 aromatic heterocycles. The Kier molecular flexibility index (Phi) is 4.41. The van der Waals surface area contributed by atoms with Crippen LogP contribution in [0.2, 0.25) is 0 Å². The lowest BCUT2D eigenvalue weighted by Crippen LogP contribution is -2.43. The van der Waals surface area contributed by atoms with E-state index in [4.69, 9.17) is 4.42 Å². The summed E-state index contributed by atoms with van der Waals surface area (Å²) in [6.07, 6.45) is 2.92. The molecule has 1 aromatic carbocycles. The number of fused-ring (bicyclic) bond motifs is 1. The Labute approximate surface area is 135 Å². The standard InChI is InChI=1S/C16H20N2O4S/c1-23(20,21)17-10-12-5-4-8-18(11-12)16(19)15-9-13-6-2-3-7-14(13)22-15/h2-3,6-7,9,12,17H,4-5,8,10-11H2,1H3/t12-/m1/s1. The van der Waals surface area contributed by atoms with Gasteiger partial charge in [0.1, 0.15) is 5.58 Å². The van der Waals surface area contributed by atoms with Crippen LogP contribution in [0.4, 0.5) is 0 Å². The molecule has 2 heterocycles. The SMILES string of the molecule is CS(=O)(=O)NC[C@H]1CCCN(C(=O)c2cc3ccccc3o2)C1. The van der Waals surface area contributed by atoms with E-state index in [1.807, 2.05) is 24.3 Å². The molecule has 0 unspecified atom stereocenters. The highest BCUT2D eigenvalue weighted by Crippen LogP contribution is 2.23. The van der Waals surface area contributed by atoms with E-state index in [9.17, 15) is 13.2 Å². The summed E-state index contributed by atoms with van der Waals surface area (Å²) in [5.74, 6) is 0.333. The molecule has 1 N–H and O–H groups in total. The first-order valence-corrected chi connectivity index (χ1v) is 9.54. The van der Waals surface area contributed by atoms with Crippen molar-refractivity contribution in [2.45, 2.75) is 12.8 Å². The Morgan fingerprint density at radius 2 is 2.17 bits per heavy atom. The number of carbonyl (C=O) groups is 1. The normalized spacial score (nSPS) is 19.2. The van der Waals surface area contributed by atoms with Crippen LogP contribution in [0.5, 0.6) is 0 Å². The maximum atomic E-state index is 12.6. The number of nitrogens with zero attached hydrogens (tertiary/aromatic N) is 1. The van der Waals surface area contributed by atoms with E-state index in [0.717, 1.165) is 24.5 Å². The molecular weight excluding hydrogens is 316 g/mol. The summed E-state index contributed by atoms with van der Waals surface area (Å²) in [6.45, 7) is 1.58. The van der Waals surface area contributed by atoms with Gasteiger partial charge in [0.2, 0.25) is 10.0 Å². The average molecular weight is 336 g/mol. The Balaban J connectivity index is 1.69. The molecule has 23 heavy (non-hydrogen) atoms. The number of piperidine rings is 1. The van der Waals surface area contributed by atoms with Crippen molar-refractivity contribution in [2.75, 3.05) is 25.9 Å². The van der Waals surface area contributed by atoms with Crippen molar-refractivity contribution in [3.8, 4) is 0 Å². The number of para-hydroxylation sites is 1. The van der Waals surface area contributed by atoms with Crippen molar-refractivity contribution >= 4 is 26.9 Å². The predicted octanol–water partition coefficient (Wildman–Crippen LogP) is 1.83. The Bertz CT molecular complexity index is 779. The van der Waals surface area contributed by atoms with Crippen LogP contribution in [0.3, 0.4) is 0 Å². The molecule has 6 nitrogen and oxygen atoms in total. The highest BCUT2D eigenvalue weighted by atomic mass is 32.2. The molecule has 3 rings (SSSR count). The number of benzene rings is 1. The molecule has 0 radical (unpaired) electrons. The van der Waals surface area contributed by atoms with Gasteiger partial charge in [0.05, 0.1) is 6.26 Å². The third-order valence-corrected chi connectivity index (χ3v) is 4.77. The number of amides is 1. The van der Waals surface area contributed by atoms with Crippen molar-refractivity contribution in [2.24, 2.45) is 5.92 Å². The number of sulfonamides is 1. The van der Waals surface area contributed by atoms with Crippen LogP contribution in [0.25, 0.3) is 11.0 Å². The quantitative estimate of drug-likeness (QED) is 0.924. The molecule has 1 saturated heterocycles. The van der Waals surface area contributed by atoms with E-state index in [-0.39, 0.29) is 11.8 Å². The highest BCUT2D eigenvalue weighted by molar-refractivity contribution is 7.88. The van der Waals surface area contributed by atoms with Crippen LogP contribution < -0.4 is 4.72 Å². The third kappa shape index (κ3) is 3.92. The molecule has 1 amide bonds. The number of furan rings is 1. The minimum atomic E-state index is -3.20. The summed E-state index contributed by atoms with van der Waals surface area (Å²) in [5.41, 5.74) is 0.697. The monoisotopic (exact) mass is 336 g/mol. The highest BCUT2D eigenvalue weighted by Gasteiger charge is 2.26. The Morgan fingerprint density at radius 1 is 1.39 bits per heavy atom. The van der Waals surface area contributed by atoms with E-state index < -0.39 is 10.0 Å². The first-order chi connectivity index (χ1) is 10.9. The molecule has 1 aliphatic heterocycles. The lowest BCUT2D eigenvalue weighted by Gasteiger charge is -2.32. The van der Waals surface area contributed by atoms with Gasteiger partial charge in [-0.05, 0) is 30.9 Å². The zero-order chi connectivity index (χ0) is 16.4. The van der Waals surface area contributed by atoms with E-state index in [1.165, 1.54) is 0 Å². The second-order valence-corrected chi connectivity index (χ2v) is 7.86. The van der Waals surface area contributed by atoms with Gasteiger partial charge < -0.3 is 9.32 Å². The first-order valence-electron chi connectivity index (χ1n) is 7.65. The number of rotatable bonds is 4. The van der Waals surface area contributed by atoms with Crippen LogP contribution in [-0.2, 0) is 10.0 Å². The molecule has 1 fully saturated rings. The fourth-order valence-electron chi connectivity index (χ4n) is 2.93. The topological polar surface area (TPSA) is 79.6 Å². The van der Waals surface area contributed by atoms with Gasteiger partial charge >= 0.3 is 0 Å². The summed E-state index contributed by atoms with van der Waals surface area (Å²) >= 11 is 0. The van der Waals surface area contributed by atoms with E-state index in [1.54, 1.807) is 11.0 Å². The molecule has 0 spiro atoms. The fourth-order valence-corrected chi connectivity index (χ4v) is 3.47. The van der Waals surface area contributed by atoms with Gasteiger partial charge in [0.15, 0.2) is 5.76 Å². The van der Waals surface area contributed by atoms with Gasteiger partial charge in [-0.2, -0.15) is 0 Å². The third-order valence-electron chi connectivity index (χ3n) is 4.08. The van der Waals surface area contributed by atoms with Crippen LogP contribution in [0.1, 0.15) is 23.4 Å². The molecule has 0 saturated carbocycles. The summed E-state index contributed by atoms with van der Waals surface area (Å²) in [5, 5.41) is 0.906. The maximum Gasteiger partial charge on any atom is 0.289 e. The smallest absolute Gasteiger partial charge is 0.289 e. The lowest BCUT2D eigenvalue weighted by atomic mass is 9.98. The summed E-state index contributed by atoms with van der Waals surface area (Å²) in [7, 11) is -3.20. The molecule has 0 aliphatic carbocycles. The molecule has 124 valence electrons. The second-order valence-electron chi connectivity index (χ2n) is 6.03. The van der Waals surface area contributed by atoms with E-state index in [0.29, 0.717) is 31.0 Å². The minimum absolute atomic E-state index is 0.131. The van der Waals surface area contributed by atoms with Crippen LogP contribution in [0, 0.1) is 5.92 Å². The summed E-state index contributed by atoms with van der Waals surface area (Å²) in [4.78, 5) is 14.4. The molecule has 2 aromatic rings. The first kappa shape index (κ1) is 16.0. The molecule has 1 atom stereocenters. The average Bonchev–Trinajstić information content (AvgIpc) is 2.96. The number of hydrogen-bond donors (Lipinski definition) is 1. The van der Waals surface area contributed by atoms with Crippen LogP contribution >= 0.6 is 0 Å². The maximum absolute atomic E-state index is 12.6. The van der Waals surface area contributed by atoms with E-state index in [2.05, 4.69) is 4.72 Å². The fraction of sp³-hybridized carbons (Fsp3) is 0.438. The molecule has 7 heteroatoms. The van der Waals surface area contributed by atoms with E-state index >= 15 is 0 Å². The van der Waals surface area contributed by atoms with Gasteiger partial charge in [0.25, 0.3) is 5.91 Å². The molecule has 0 bridgehead atoms. The number of hydrogen-bond acceptors (Lipinski definition) is 4. The van der Waals surface area contributed by atoms with Gasteiger partial charge in [-0.25, -0.2) is 13.1 Å². The lowest BCUT2D eigenvalue weighted by molar-refractivity contribution is 0.0646. The second kappa shape index (κ2) is 6.33. The Hall–Kier alpha value is -1.86.